The number of H-pyrrole nitrogens is 1. The number of carbonyl (C=O) groups excluding carboxylic acids is 1. The molecule has 0 bridgehead atoms. The molecule has 25 heavy (non-hydrogen) atoms. The van der Waals surface area contributed by atoms with Crippen LogP contribution in [0, 0.1) is 6.92 Å². The number of nitrogens with one attached hydrogen (secondary N) is 1. The van der Waals surface area contributed by atoms with Crippen molar-refractivity contribution in [2.24, 2.45) is 0 Å². The Labute approximate surface area is 146 Å². The lowest BCUT2D eigenvalue weighted by Crippen LogP contribution is -2.39. The number of aromatic nitrogens is 2. The third kappa shape index (κ3) is 3.22. The highest BCUT2D eigenvalue weighted by Gasteiger charge is 2.28. The second-order valence-corrected chi connectivity index (χ2v) is 6.55. The number of hydrogen-bond acceptors (Lipinski definition) is 3. The highest BCUT2D eigenvalue weighted by atomic mass is 16.3. The van der Waals surface area contributed by atoms with Gasteiger partial charge in [0.1, 0.15) is 11.6 Å². The van der Waals surface area contributed by atoms with Crippen LogP contribution in [0.2, 0.25) is 0 Å². The zero-order chi connectivity index (χ0) is 17.2. The van der Waals surface area contributed by atoms with E-state index in [1.54, 1.807) is 6.07 Å². The minimum Gasteiger partial charge on any atom is -0.456 e. The van der Waals surface area contributed by atoms with Crippen LogP contribution in [0.25, 0.3) is 11.3 Å². The maximum Gasteiger partial charge on any atom is 0.289 e. The summed E-state index contributed by atoms with van der Waals surface area (Å²) in [6.45, 7) is 3.28. The first-order valence-corrected chi connectivity index (χ1v) is 8.67. The van der Waals surface area contributed by atoms with Gasteiger partial charge in [-0.2, -0.15) is 0 Å². The monoisotopic (exact) mass is 335 g/mol. The predicted molar refractivity (Wildman–Crippen MR) is 95.3 cm³/mol. The molecule has 1 amide bonds. The van der Waals surface area contributed by atoms with Gasteiger partial charge in [0.25, 0.3) is 5.91 Å². The standard InChI is InChI=1S/C20H21N3O2/c1-14-9-10-18(25-14)20(24)23-11-5-8-16(13-23)19-21-12-17(22-19)15-6-3-2-4-7-15/h2-4,6-7,9-10,12,16H,5,8,11,13H2,1H3,(H,21,22). The van der Waals surface area contributed by atoms with Crippen LogP contribution in [-0.4, -0.2) is 33.9 Å². The lowest BCUT2D eigenvalue weighted by molar-refractivity contribution is 0.0671. The van der Waals surface area contributed by atoms with Crippen molar-refractivity contribution in [2.45, 2.75) is 25.7 Å². The Morgan fingerprint density at radius 3 is 2.84 bits per heavy atom. The van der Waals surface area contributed by atoms with Gasteiger partial charge in [0.05, 0.1) is 11.9 Å². The van der Waals surface area contributed by atoms with Gasteiger partial charge >= 0.3 is 0 Å². The van der Waals surface area contributed by atoms with E-state index >= 15 is 0 Å². The Kier molecular flexibility index (Phi) is 4.14. The molecule has 0 saturated carbocycles. The second kappa shape index (κ2) is 6.59. The van der Waals surface area contributed by atoms with Crippen molar-refractivity contribution < 1.29 is 9.21 Å². The van der Waals surface area contributed by atoms with E-state index in [2.05, 4.69) is 22.1 Å². The largest absolute Gasteiger partial charge is 0.456 e. The first-order chi connectivity index (χ1) is 12.2. The minimum absolute atomic E-state index is 0.0346. The maximum atomic E-state index is 12.6. The second-order valence-electron chi connectivity index (χ2n) is 6.55. The molecule has 0 radical (unpaired) electrons. The van der Waals surface area contributed by atoms with Crippen LogP contribution in [-0.2, 0) is 0 Å². The SMILES string of the molecule is Cc1ccc(C(=O)N2CCCC(c3ncc(-c4ccccc4)[nH]3)C2)o1. The maximum absolute atomic E-state index is 12.6. The smallest absolute Gasteiger partial charge is 0.289 e. The average Bonchev–Trinajstić information content (AvgIpc) is 3.31. The first kappa shape index (κ1) is 15.7. The number of piperidine rings is 1. The molecule has 1 saturated heterocycles. The summed E-state index contributed by atoms with van der Waals surface area (Å²) in [5.74, 6) is 2.32. The summed E-state index contributed by atoms with van der Waals surface area (Å²) in [5.41, 5.74) is 2.14. The molecule has 1 aliphatic rings. The highest BCUT2D eigenvalue weighted by molar-refractivity contribution is 5.91. The van der Waals surface area contributed by atoms with Crippen molar-refractivity contribution in [3.8, 4) is 11.3 Å². The molecule has 5 heteroatoms. The zero-order valence-corrected chi connectivity index (χ0v) is 14.2. The highest BCUT2D eigenvalue weighted by Crippen LogP contribution is 2.28. The minimum atomic E-state index is -0.0346. The van der Waals surface area contributed by atoms with Crippen LogP contribution in [0.3, 0.4) is 0 Å². The van der Waals surface area contributed by atoms with Gasteiger partial charge < -0.3 is 14.3 Å². The number of nitrogens with zero attached hydrogens (tertiary/aromatic N) is 2. The Hall–Kier alpha value is -2.82. The number of likely N-dealkylation sites (tertiary alicyclic amines) is 1. The predicted octanol–water partition coefficient (Wildman–Crippen LogP) is 4.00. The van der Waals surface area contributed by atoms with E-state index in [1.807, 2.05) is 42.3 Å². The fourth-order valence-electron chi connectivity index (χ4n) is 3.40. The number of amides is 1. The van der Waals surface area contributed by atoms with Crippen LogP contribution >= 0.6 is 0 Å². The van der Waals surface area contributed by atoms with Crippen molar-refractivity contribution in [3.05, 3.63) is 66.0 Å². The summed E-state index contributed by atoms with van der Waals surface area (Å²) in [6.07, 6.45) is 3.88. The number of benzene rings is 1. The summed E-state index contributed by atoms with van der Waals surface area (Å²) in [6, 6.07) is 13.7. The van der Waals surface area contributed by atoms with Gasteiger partial charge in [0.2, 0.25) is 0 Å². The van der Waals surface area contributed by atoms with Crippen LogP contribution < -0.4 is 0 Å². The number of rotatable bonds is 3. The third-order valence-electron chi connectivity index (χ3n) is 4.73. The molecule has 1 N–H and O–H groups in total. The lowest BCUT2D eigenvalue weighted by Gasteiger charge is -2.31. The lowest BCUT2D eigenvalue weighted by atomic mass is 9.97. The van der Waals surface area contributed by atoms with Gasteiger partial charge in [0, 0.05) is 19.0 Å². The molecular weight excluding hydrogens is 314 g/mol. The van der Waals surface area contributed by atoms with Crippen molar-refractivity contribution in [2.75, 3.05) is 13.1 Å². The number of aryl methyl sites for hydroxylation is 1. The normalized spacial score (nSPS) is 17.6. The molecular formula is C20H21N3O2. The number of imidazole rings is 1. The molecule has 1 fully saturated rings. The van der Waals surface area contributed by atoms with Gasteiger partial charge in [-0.3, -0.25) is 4.79 Å². The molecule has 1 aromatic carbocycles. The van der Waals surface area contributed by atoms with E-state index in [0.717, 1.165) is 42.2 Å². The van der Waals surface area contributed by atoms with Crippen molar-refractivity contribution >= 4 is 5.91 Å². The van der Waals surface area contributed by atoms with Gasteiger partial charge in [-0.15, -0.1) is 0 Å². The molecule has 1 atom stereocenters. The van der Waals surface area contributed by atoms with Crippen molar-refractivity contribution in [3.63, 3.8) is 0 Å². The van der Waals surface area contributed by atoms with Gasteiger partial charge in [0.15, 0.2) is 5.76 Å². The summed E-state index contributed by atoms with van der Waals surface area (Å²) in [4.78, 5) is 22.5. The molecule has 3 aromatic rings. The number of aromatic amines is 1. The Bertz CT molecular complexity index is 866. The van der Waals surface area contributed by atoms with Crippen LogP contribution in [0.15, 0.2) is 53.1 Å². The van der Waals surface area contributed by atoms with E-state index in [4.69, 9.17) is 4.42 Å². The molecule has 2 aromatic heterocycles. The summed E-state index contributed by atoms with van der Waals surface area (Å²) in [7, 11) is 0. The molecule has 0 spiro atoms. The number of hydrogen-bond donors (Lipinski definition) is 1. The van der Waals surface area contributed by atoms with Gasteiger partial charge in [-0.25, -0.2) is 4.98 Å². The van der Waals surface area contributed by atoms with Crippen LogP contribution in [0.4, 0.5) is 0 Å². The molecule has 128 valence electrons. The number of furan rings is 1. The summed E-state index contributed by atoms with van der Waals surface area (Å²) in [5, 5.41) is 0. The molecule has 0 aliphatic carbocycles. The molecule has 4 rings (SSSR count). The van der Waals surface area contributed by atoms with E-state index in [1.165, 1.54) is 0 Å². The van der Waals surface area contributed by atoms with Gasteiger partial charge in [-0.1, -0.05) is 30.3 Å². The summed E-state index contributed by atoms with van der Waals surface area (Å²) >= 11 is 0. The Morgan fingerprint density at radius 2 is 2.08 bits per heavy atom. The van der Waals surface area contributed by atoms with Crippen LogP contribution in [0.1, 0.15) is 40.9 Å². The van der Waals surface area contributed by atoms with E-state index in [-0.39, 0.29) is 11.8 Å². The molecule has 3 heterocycles. The first-order valence-electron chi connectivity index (χ1n) is 8.67. The fraction of sp³-hybridized carbons (Fsp3) is 0.300. The average molecular weight is 335 g/mol. The molecule has 1 aliphatic heterocycles. The fourth-order valence-corrected chi connectivity index (χ4v) is 3.40. The molecule has 5 nitrogen and oxygen atoms in total. The van der Waals surface area contributed by atoms with Crippen molar-refractivity contribution in [1.82, 2.24) is 14.9 Å². The van der Waals surface area contributed by atoms with E-state index in [9.17, 15) is 4.79 Å². The summed E-state index contributed by atoms with van der Waals surface area (Å²) < 4.78 is 5.49. The third-order valence-corrected chi connectivity index (χ3v) is 4.73. The topological polar surface area (TPSA) is 62.1 Å². The van der Waals surface area contributed by atoms with Crippen molar-refractivity contribution in [1.29, 1.82) is 0 Å². The molecule has 1 unspecified atom stereocenters. The number of carbonyl (C=O) groups is 1. The van der Waals surface area contributed by atoms with E-state index in [0.29, 0.717) is 12.3 Å². The van der Waals surface area contributed by atoms with Crippen LogP contribution in [0.5, 0.6) is 0 Å². The zero-order valence-electron chi connectivity index (χ0n) is 14.2. The Balaban J connectivity index is 1.50. The quantitative estimate of drug-likeness (QED) is 0.787. The van der Waals surface area contributed by atoms with Gasteiger partial charge in [-0.05, 0) is 37.5 Å². The Morgan fingerprint density at radius 1 is 1.24 bits per heavy atom. The van der Waals surface area contributed by atoms with E-state index < -0.39 is 0 Å².